The number of rotatable bonds is 6. The van der Waals surface area contributed by atoms with Gasteiger partial charge in [-0.1, -0.05) is 72.3 Å². The van der Waals surface area contributed by atoms with E-state index in [-0.39, 0.29) is 43.8 Å². The Hall–Kier alpha value is -3.95. The van der Waals surface area contributed by atoms with Crippen LogP contribution in [-0.2, 0) is 29.1 Å². The molecule has 3 aromatic rings. The summed E-state index contributed by atoms with van der Waals surface area (Å²) in [6.07, 6.45) is -0.409. The molecule has 0 spiro atoms. The molecule has 2 atom stereocenters. The van der Waals surface area contributed by atoms with Gasteiger partial charge >= 0.3 is 6.03 Å². The van der Waals surface area contributed by atoms with E-state index in [2.05, 4.69) is 5.32 Å². The fourth-order valence-electron chi connectivity index (χ4n) is 5.18. The summed E-state index contributed by atoms with van der Waals surface area (Å²) in [5.41, 5.74) is 2.42. The van der Waals surface area contributed by atoms with E-state index in [0.717, 1.165) is 16.7 Å². The summed E-state index contributed by atoms with van der Waals surface area (Å²) in [6, 6.07) is 21.5. The molecule has 2 aliphatic rings. The zero-order valence-corrected chi connectivity index (χ0v) is 22.2. The Labute approximate surface area is 231 Å². The molecule has 0 unspecified atom stereocenters. The molecule has 5 rings (SSSR count). The van der Waals surface area contributed by atoms with Gasteiger partial charge in [-0.3, -0.25) is 9.59 Å². The molecule has 0 saturated carbocycles. The average molecular weight is 550 g/mol. The molecule has 2 aliphatic heterocycles. The first kappa shape index (κ1) is 26.6. The average Bonchev–Trinajstić information content (AvgIpc) is 2.92. The minimum Gasteiger partial charge on any atom is -0.333 e. The molecule has 0 aliphatic carbocycles. The van der Waals surface area contributed by atoms with E-state index in [0.29, 0.717) is 11.4 Å². The highest BCUT2D eigenvalue weighted by Gasteiger charge is 2.50. The zero-order valence-electron chi connectivity index (χ0n) is 21.5. The number of halogens is 2. The van der Waals surface area contributed by atoms with E-state index in [1.54, 1.807) is 40.1 Å². The van der Waals surface area contributed by atoms with Crippen LogP contribution in [0.5, 0.6) is 0 Å². The molecule has 2 saturated heterocycles. The third-order valence-corrected chi connectivity index (χ3v) is 7.46. The number of nitrogens with one attached hydrogen (secondary N) is 1. The highest BCUT2D eigenvalue weighted by atomic mass is 35.5. The molecular formula is C29H29ClFN5O3. The van der Waals surface area contributed by atoms with Gasteiger partial charge in [-0.25, -0.2) is 19.2 Å². The van der Waals surface area contributed by atoms with Crippen molar-refractivity contribution in [3.63, 3.8) is 0 Å². The van der Waals surface area contributed by atoms with E-state index in [9.17, 15) is 18.8 Å². The number of piperazine rings is 1. The van der Waals surface area contributed by atoms with Crippen molar-refractivity contribution in [3.05, 3.63) is 106 Å². The van der Waals surface area contributed by atoms with Crippen molar-refractivity contribution in [1.29, 1.82) is 0 Å². The number of nitrogens with zero attached hydrogens (tertiary/aromatic N) is 4. The number of carbonyl (C=O) groups excluding carboxylic acids is 3. The maximum atomic E-state index is 13.9. The van der Waals surface area contributed by atoms with Crippen molar-refractivity contribution in [3.8, 4) is 0 Å². The van der Waals surface area contributed by atoms with Gasteiger partial charge in [0.25, 0.3) is 0 Å². The number of hydrogen-bond donors (Lipinski definition) is 1. The Balaban J connectivity index is 1.45. The van der Waals surface area contributed by atoms with E-state index in [1.165, 1.54) is 17.1 Å². The summed E-state index contributed by atoms with van der Waals surface area (Å²) in [4.78, 5) is 44.0. The van der Waals surface area contributed by atoms with E-state index < -0.39 is 18.2 Å². The van der Waals surface area contributed by atoms with Gasteiger partial charge in [-0.2, -0.15) is 0 Å². The predicted molar refractivity (Wildman–Crippen MR) is 145 cm³/mol. The first-order chi connectivity index (χ1) is 18.8. The van der Waals surface area contributed by atoms with Gasteiger partial charge in [0.1, 0.15) is 18.0 Å². The SMILES string of the molecule is CN1CC(=O)N2[C@@H](Cc3ccccc3)C(=O)N(Cc3ccccc3Cl)C[C@@H]2N1C(=O)NCc1ccc(F)cc1. The van der Waals surface area contributed by atoms with Crippen LogP contribution >= 0.6 is 11.6 Å². The molecule has 10 heteroatoms. The first-order valence-corrected chi connectivity index (χ1v) is 13.1. The summed E-state index contributed by atoms with van der Waals surface area (Å²) < 4.78 is 13.3. The van der Waals surface area contributed by atoms with Crippen LogP contribution in [0.3, 0.4) is 0 Å². The third-order valence-electron chi connectivity index (χ3n) is 7.10. The number of carbonyl (C=O) groups is 3. The molecule has 202 valence electrons. The van der Waals surface area contributed by atoms with Gasteiger partial charge in [0.2, 0.25) is 11.8 Å². The second kappa shape index (κ2) is 11.4. The van der Waals surface area contributed by atoms with Gasteiger partial charge in [0.15, 0.2) is 0 Å². The lowest BCUT2D eigenvalue weighted by Crippen LogP contribution is -2.76. The minimum absolute atomic E-state index is 0.0520. The van der Waals surface area contributed by atoms with Gasteiger partial charge in [-0.15, -0.1) is 0 Å². The summed E-state index contributed by atoms with van der Waals surface area (Å²) in [5, 5.41) is 6.49. The highest BCUT2D eigenvalue weighted by molar-refractivity contribution is 6.31. The normalized spacial score (nSPS) is 19.7. The Kier molecular flexibility index (Phi) is 7.81. The van der Waals surface area contributed by atoms with Crippen molar-refractivity contribution >= 4 is 29.4 Å². The van der Waals surface area contributed by atoms with Crippen molar-refractivity contribution < 1.29 is 18.8 Å². The van der Waals surface area contributed by atoms with Crippen molar-refractivity contribution in [2.24, 2.45) is 0 Å². The Bertz CT molecular complexity index is 1360. The minimum atomic E-state index is -0.790. The maximum Gasteiger partial charge on any atom is 0.334 e. The molecule has 4 amide bonds. The summed E-state index contributed by atoms with van der Waals surface area (Å²) in [5.74, 6) is -0.777. The van der Waals surface area contributed by atoms with Crippen LogP contribution < -0.4 is 5.32 Å². The quantitative estimate of drug-likeness (QED) is 0.509. The van der Waals surface area contributed by atoms with Crippen molar-refractivity contribution in [2.45, 2.75) is 31.7 Å². The highest BCUT2D eigenvalue weighted by Crippen LogP contribution is 2.29. The van der Waals surface area contributed by atoms with E-state index >= 15 is 0 Å². The fraction of sp³-hybridized carbons (Fsp3) is 0.276. The molecule has 3 aromatic carbocycles. The smallest absolute Gasteiger partial charge is 0.333 e. The largest absolute Gasteiger partial charge is 0.334 e. The molecule has 1 N–H and O–H groups in total. The van der Waals surface area contributed by atoms with Crippen LogP contribution in [-0.4, -0.2) is 70.0 Å². The molecule has 0 aromatic heterocycles. The molecule has 39 heavy (non-hydrogen) atoms. The number of urea groups is 1. The zero-order chi connectivity index (χ0) is 27.5. The lowest BCUT2D eigenvalue weighted by molar-refractivity contribution is -0.187. The van der Waals surface area contributed by atoms with Crippen LogP contribution in [0.2, 0.25) is 5.02 Å². The summed E-state index contributed by atoms with van der Waals surface area (Å²) >= 11 is 6.42. The number of fused-ring (bicyclic) bond motifs is 1. The standard InChI is InChI=1S/C29H29ClFN5O3/c1-33-19-27(37)35-25(15-20-7-3-2-4-8-20)28(38)34(17-22-9-5-6-10-24(22)30)18-26(35)36(33)29(39)32-16-21-11-13-23(31)14-12-21/h2-14,25-26H,15-19H2,1H3,(H,32,39)/t25-,26-/m0/s1. The fourth-order valence-corrected chi connectivity index (χ4v) is 5.37. The van der Waals surface area contributed by atoms with E-state index in [1.807, 2.05) is 48.5 Å². The molecular weight excluding hydrogens is 521 g/mol. The number of hydrogen-bond acceptors (Lipinski definition) is 4. The van der Waals surface area contributed by atoms with Crippen LogP contribution in [0.4, 0.5) is 9.18 Å². The topological polar surface area (TPSA) is 76.2 Å². The summed E-state index contributed by atoms with van der Waals surface area (Å²) in [6.45, 7) is 0.496. The lowest BCUT2D eigenvalue weighted by atomic mass is 9.98. The number of likely N-dealkylation sites (N-methyl/N-ethyl adjacent to an activating group) is 1. The molecule has 0 radical (unpaired) electrons. The number of benzene rings is 3. The van der Waals surface area contributed by atoms with Crippen LogP contribution in [0.25, 0.3) is 0 Å². The van der Waals surface area contributed by atoms with Crippen LogP contribution in [0.1, 0.15) is 16.7 Å². The van der Waals surface area contributed by atoms with Gasteiger partial charge in [-0.05, 0) is 34.9 Å². The maximum absolute atomic E-state index is 13.9. The van der Waals surface area contributed by atoms with Gasteiger partial charge < -0.3 is 15.1 Å². The number of amides is 4. The molecule has 8 nitrogen and oxygen atoms in total. The van der Waals surface area contributed by atoms with Crippen molar-refractivity contribution in [2.75, 3.05) is 20.1 Å². The van der Waals surface area contributed by atoms with Crippen LogP contribution in [0.15, 0.2) is 78.9 Å². The van der Waals surface area contributed by atoms with Gasteiger partial charge in [0, 0.05) is 31.6 Å². The predicted octanol–water partition coefficient (Wildman–Crippen LogP) is 3.66. The second-order valence-electron chi connectivity index (χ2n) is 9.74. The van der Waals surface area contributed by atoms with Gasteiger partial charge in [0.05, 0.1) is 13.1 Å². The van der Waals surface area contributed by atoms with E-state index in [4.69, 9.17) is 11.6 Å². The monoisotopic (exact) mass is 549 g/mol. The Morgan fingerprint density at radius 2 is 1.67 bits per heavy atom. The van der Waals surface area contributed by atoms with Crippen LogP contribution in [0, 0.1) is 5.82 Å². The number of hydrazine groups is 1. The Morgan fingerprint density at radius 1 is 0.974 bits per heavy atom. The van der Waals surface area contributed by atoms with Crippen molar-refractivity contribution in [1.82, 2.24) is 25.1 Å². The molecule has 2 heterocycles. The third kappa shape index (κ3) is 5.74. The molecule has 2 fully saturated rings. The summed E-state index contributed by atoms with van der Waals surface area (Å²) in [7, 11) is 1.67. The Morgan fingerprint density at radius 3 is 2.38 bits per heavy atom. The lowest BCUT2D eigenvalue weighted by Gasteiger charge is -2.54. The second-order valence-corrected chi connectivity index (χ2v) is 10.2. The first-order valence-electron chi connectivity index (χ1n) is 12.7. The molecule has 0 bridgehead atoms.